The maximum absolute atomic E-state index is 12.6. The largest absolute Gasteiger partial charge is 0.572 e. The summed E-state index contributed by atoms with van der Waals surface area (Å²) in [5, 5.41) is 0. The first-order valence-electron chi connectivity index (χ1n) is 8.82. The molecule has 0 amide bonds. The van der Waals surface area contributed by atoms with Crippen LogP contribution in [0.4, 0.5) is 11.4 Å². The van der Waals surface area contributed by atoms with Crippen LogP contribution < -0.4 is 4.72 Å². The summed E-state index contributed by atoms with van der Waals surface area (Å²) in [4.78, 5) is 0.252. The van der Waals surface area contributed by atoms with E-state index in [0.717, 1.165) is 5.56 Å². The van der Waals surface area contributed by atoms with Gasteiger partial charge in [0.2, 0.25) is 0 Å². The average molecular weight is 430 g/mol. The summed E-state index contributed by atoms with van der Waals surface area (Å²) in [6.07, 6.45) is 0. The van der Waals surface area contributed by atoms with Crippen LogP contribution in [0.5, 0.6) is 0 Å². The van der Waals surface area contributed by atoms with Gasteiger partial charge in [-0.15, -0.1) is 5.69 Å². The van der Waals surface area contributed by atoms with Gasteiger partial charge in [0.25, 0.3) is 10.0 Å². The summed E-state index contributed by atoms with van der Waals surface area (Å²) in [6.45, 7) is 5.26. The van der Waals surface area contributed by atoms with Gasteiger partial charge in [-0.3, -0.25) is 4.72 Å². The van der Waals surface area contributed by atoms with Crippen LogP contribution in [0.3, 0.4) is 0 Å². The number of nitrogens with zero attached hydrogens (tertiary/aromatic N) is 1. The highest BCUT2D eigenvalue weighted by molar-refractivity contribution is 7.94. The number of benzene rings is 3. The zero-order valence-corrected chi connectivity index (χ0v) is 17.9. The number of sulfonamides is 2. The van der Waals surface area contributed by atoms with E-state index in [4.69, 9.17) is 0 Å². The molecule has 0 fully saturated rings. The molecule has 8 heteroatoms. The maximum atomic E-state index is 12.6. The molecule has 0 atom stereocenters. The summed E-state index contributed by atoms with van der Waals surface area (Å²) in [7, 11) is -7.62. The Hall–Kier alpha value is -2.84. The molecular formula is C21H21N2O4S2-. The minimum absolute atomic E-state index is 0.0983. The first-order valence-corrected chi connectivity index (χ1v) is 11.7. The number of anilines is 1. The standard InChI is InChI=1S/C21H21N2O4S2/c1-15-9-11-19(12-10-15)29(26,27)23-21-14-16(2)20(13-17(21)3)22-28(24,25)18-7-5-4-6-8-18/h4-14,23H,1-3H3/q-1. The zero-order valence-electron chi connectivity index (χ0n) is 16.2. The van der Waals surface area contributed by atoms with Crippen LogP contribution >= 0.6 is 0 Å². The summed E-state index contributed by atoms with van der Waals surface area (Å²) < 4.78 is 56.8. The molecule has 3 aromatic rings. The summed E-state index contributed by atoms with van der Waals surface area (Å²) in [5.41, 5.74) is 2.70. The first kappa shape index (κ1) is 20.9. The lowest BCUT2D eigenvalue weighted by molar-refractivity contribution is 0.600. The van der Waals surface area contributed by atoms with E-state index in [-0.39, 0.29) is 15.5 Å². The summed E-state index contributed by atoms with van der Waals surface area (Å²) >= 11 is 0. The van der Waals surface area contributed by atoms with E-state index >= 15 is 0 Å². The van der Waals surface area contributed by atoms with Crippen molar-refractivity contribution in [2.24, 2.45) is 0 Å². The second-order valence-corrected chi connectivity index (χ2v) is 10.0. The van der Waals surface area contributed by atoms with Crippen molar-refractivity contribution in [3.05, 3.63) is 88.1 Å². The SMILES string of the molecule is Cc1ccc(S(=O)(=O)Nc2cc(C)c([N-]S(=O)(=O)c3ccccc3)cc2C)cc1. The van der Waals surface area contributed by atoms with E-state index in [9.17, 15) is 16.8 Å². The van der Waals surface area contributed by atoms with Gasteiger partial charge in [-0.1, -0.05) is 47.5 Å². The van der Waals surface area contributed by atoms with Crippen molar-refractivity contribution in [3.63, 3.8) is 0 Å². The van der Waals surface area contributed by atoms with Gasteiger partial charge in [-0.2, -0.15) is 0 Å². The van der Waals surface area contributed by atoms with E-state index in [1.807, 2.05) is 6.92 Å². The lowest BCUT2D eigenvalue weighted by Crippen LogP contribution is -2.14. The van der Waals surface area contributed by atoms with Crippen LogP contribution in [0, 0.1) is 20.8 Å². The Morgan fingerprint density at radius 2 is 1.34 bits per heavy atom. The van der Waals surface area contributed by atoms with E-state index in [2.05, 4.69) is 9.44 Å². The lowest BCUT2D eigenvalue weighted by Gasteiger charge is -2.25. The van der Waals surface area contributed by atoms with Crippen molar-refractivity contribution in [1.29, 1.82) is 0 Å². The van der Waals surface area contributed by atoms with Gasteiger partial charge < -0.3 is 4.72 Å². The highest BCUT2D eigenvalue weighted by atomic mass is 32.2. The molecule has 1 N–H and O–H groups in total. The van der Waals surface area contributed by atoms with Crippen molar-refractivity contribution in [2.45, 2.75) is 30.6 Å². The Balaban J connectivity index is 1.89. The van der Waals surface area contributed by atoms with E-state index in [0.29, 0.717) is 16.8 Å². The molecule has 0 unspecified atom stereocenters. The van der Waals surface area contributed by atoms with Crippen LogP contribution in [-0.2, 0) is 20.0 Å². The van der Waals surface area contributed by atoms with Crippen LogP contribution in [0.2, 0.25) is 0 Å². The molecule has 0 radical (unpaired) electrons. The third kappa shape index (κ3) is 4.78. The molecule has 3 rings (SSSR count). The Morgan fingerprint density at radius 1 is 0.724 bits per heavy atom. The smallest absolute Gasteiger partial charge is 0.261 e. The van der Waals surface area contributed by atoms with Gasteiger partial charge >= 0.3 is 0 Å². The van der Waals surface area contributed by atoms with Crippen LogP contribution in [0.25, 0.3) is 4.72 Å². The van der Waals surface area contributed by atoms with Crippen molar-refractivity contribution in [2.75, 3.05) is 4.72 Å². The van der Waals surface area contributed by atoms with Crippen molar-refractivity contribution in [1.82, 2.24) is 0 Å². The van der Waals surface area contributed by atoms with Crippen LogP contribution in [-0.4, -0.2) is 16.8 Å². The molecule has 6 nitrogen and oxygen atoms in total. The number of aryl methyl sites for hydroxylation is 3. The third-order valence-electron chi connectivity index (χ3n) is 4.38. The monoisotopic (exact) mass is 429 g/mol. The van der Waals surface area contributed by atoms with E-state index in [1.54, 1.807) is 56.3 Å². The molecule has 0 heterocycles. The predicted octanol–water partition coefficient (Wildman–Crippen LogP) is 4.81. The minimum atomic E-state index is -3.86. The van der Waals surface area contributed by atoms with Crippen molar-refractivity contribution < 1.29 is 16.8 Å². The molecule has 0 spiro atoms. The lowest BCUT2D eigenvalue weighted by atomic mass is 10.1. The Bertz CT molecular complexity index is 1240. The van der Waals surface area contributed by atoms with Gasteiger partial charge in [0.1, 0.15) is 10.0 Å². The summed E-state index contributed by atoms with van der Waals surface area (Å²) in [5.74, 6) is 0. The van der Waals surface area contributed by atoms with E-state index in [1.165, 1.54) is 24.3 Å². The topological polar surface area (TPSA) is 94.4 Å². The number of rotatable bonds is 6. The van der Waals surface area contributed by atoms with Crippen LogP contribution in [0.1, 0.15) is 16.7 Å². The molecular weight excluding hydrogens is 408 g/mol. The maximum Gasteiger partial charge on any atom is 0.261 e. The molecule has 29 heavy (non-hydrogen) atoms. The highest BCUT2D eigenvalue weighted by Crippen LogP contribution is 2.34. The molecule has 0 aliphatic carbocycles. The molecule has 3 aromatic carbocycles. The van der Waals surface area contributed by atoms with Crippen molar-refractivity contribution >= 4 is 31.4 Å². The number of hydrogen-bond donors (Lipinski definition) is 1. The van der Waals surface area contributed by atoms with Gasteiger partial charge in [0, 0.05) is 0 Å². The minimum Gasteiger partial charge on any atom is -0.572 e. The van der Waals surface area contributed by atoms with E-state index < -0.39 is 20.0 Å². The number of hydrogen-bond acceptors (Lipinski definition) is 4. The molecule has 0 saturated heterocycles. The fourth-order valence-corrected chi connectivity index (χ4v) is 4.89. The van der Waals surface area contributed by atoms with Gasteiger partial charge in [-0.05, 0) is 56.7 Å². The summed E-state index contributed by atoms with van der Waals surface area (Å²) in [6, 6.07) is 17.6. The Kier molecular flexibility index (Phi) is 5.68. The zero-order chi connectivity index (χ0) is 21.2. The fraction of sp³-hybridized carbons (Fsp3) is 0.143. The molecule has 0 aliphatic rings. The highest BCUT2D eigenvalue weighted by Gasteiger charge is 2.15. The second kappa shape index (κ2) is 7.88. The molecule has 0 saturated carbocycles. The molecule has 152 valence electrons. The van der Waals surface area contributed by atoms with Gasteiger partial charge in [-0.25, -0.2) is 16.8 Å². The average Bonchev–Trinajstić information content (AvgIpc) is 2.66. The third-order valence-corrected chi connectivity index (χ3v) is 7.06. The molecule has 0 aromatic heterocycles. The quantitative estimate of drug-likeness (QED) is 0.608. The molecule has 0 bridgehead atoms. The van der Waals surface area contributed by atoms with Gasteiger partial charge in [0.05, 0.1) is 15.5 Å². The van der Waals surface area contributed by atoms with Crippen LogP contribution in [0.15, 0.2) is 76.5 Å². The molecule has 0 aliphatic heterocycles. The predicted molar refractivity (Wildman–Crippen MR) is 115 cm³/mol. The normalized spacial score (nSPS) is 11.8. The first-order chi connectivity index (χ1) is 13.6. The Morgan fingerprint density at radius 3 is 1.97 bits per heavy atom. The number of nitrogens with one attached hydrogen (secondary N) is 1. The fourth-order valence-electron chi connectivity index (χ4n) is 2.71. The Labute approximate surface area is 171 Å². The second-order valence-electron chi connectivity index (χ2n) is 6.75. The van der Waals surface area contributed by atoms with Gasteiger partial charge in [0.15, 0.2) is 0 Å². The van der Waals surface area contributed by atoms with Crippen molar-refractivity contribution in [3.8, 4) is 0 Å².